The van der Waals surface area contributed by atoms with Gasteiger partial charge in [0.1, 0.15) is 0 Å². The minimum atomic E-state index is -0.313. The highest BCUT2D eigenvalue weighted by Gasteiger charge is 2.15. The van der Waals surface area contributed by atoms with Crippen LogP contribution in [0.5, 0.6) is 11.5 Å². The maximum Gasteiger partial charge on any atom is 0.251 e. The van der Waals surface area contributed by atoms with Gasteiger partial charge in [-0.2, -0.15) is 0 Å². The summed E-state index contributed by atoms with van der Waals surface area (Å²) in [5.41, 5.74) is 1.58. The van der Waals surface area contributed by atoms with Gasteiger partial charge in [-0.05, 0) is 62.7 Å². The smallest absolute Gasteiger partial charge is 0.251 e. The highest BCUT2D eigenvalue weighted by atomic mass is 16.5. The zero-order valence-corrected chi connectivity index (χ0v) is 16.4. The molecule has 2 N–H and O–H groups in total. The van der Waals surface area contributed by atoms with Crippen LogP contribution in [-0.4, -0.2) is 31.6 Å². The summed E-state index contributed by atoms with van der Waals surface area (Å²) in [6.07, 6.45) is 0. The van der Waals surface area contributed by atoms with Crippen molar-refractivity contribution in [3.8, 4) is 11.5 Å². The molecular weight excluding hydrogens is 344 g/mol. The fourth-order valence-electron chi connectivity index (χ4n) is 2.46. The van der Waals surface area contributed by atoms with Gasteiger partial charge in [-0.1, -0.05) is 6.07 Å². The molecule has 0 heterocycles. The first-order valence-electron chi connectivity index (χ1n) is 8.65. The minimum absolute atomic E-state index is 0.167. The van der Waals surface area contributed by atoms with Gasteiger partial charge in [0.25, 0.3) is 11.8 Å². The molecule has 0 aliphatic carbocycles. The van der Waals surface area contributed by atoms with Crippen LogP contribution < -0.4 is 20.1 Å². The van der Waals surface area contributed by atoms with Gasteiger partial charge in [-0.3, -0.25) is 9.59 Å². The molecule has 144 valence electrons. The van der Waals surface area contributed by atoms with E-state index in [4.69, 9.17) is 9.47 Å². The lowest BCUT2D eigenvalue weighted by atomic mass is 10.1. The van der Waals surface area contributed by atoms with Crippen molar-refractivity contribution in [3.63, 3.8) is 0 Å². The molecule has 2 rings (SSSR count). The number of nitrogens with one attached hydrogen (secondary N) is 2. The van der Waals surface area contributed by atoms with Crippen molar-refractivity contribution < 1.29 is 19.1 Å². The zero-order valence-electron chi connectivity index (χ0n) is 16.4. The fourth-order valence-corrected chi connectivity index (χ4v) is 2.46. The van der Waals surface area contributed by atoms with Gasteiger partial charge in [0.05, 0.1) is 14.2 Å². The van der Waals surface area contributed by atoms with E-state index in [2.05, 4.69) is 10.6 Å². The second-order valence-electron chi connectivity index (χ2n) is 7.15. The van der Waals surface area contributed by atoms with E-state index < -0.39 is 0 Å². The van der Waals surface area contributed by atoms with E-state index in [0.717, 1.165) is 5.56 Å². The van der Waals surface area contributed by atoms with Crippen LogP contribution in [0.2, 0.25) is 0 Å². The normalized spacial score (nSPS) is 10.9. The van der Waals surface area contributed by atoms with Crippen LogP contribution in [0.4, 0.5) is 0 Å². The monoisotopic (exact) mass is 370 g/mol. The summed E-state index contributed by atoms with van der Waals surface area (Å²) in [5, 5.41) is 5.74. The van der Waals surface area contributed by atoms with Gasteiger partial charge in [-0.15, -0.1) is 0 Å². The van der Waals surface area contributed by atoms with Crippen LogP contribution in [-0.2, 0) is 6.54 Å². The molecule has 0 spiro atoms. The van der Waals surface area contributed by atoms with Gasteiger partial charge in [0.2, 0.25) is 0 Å². The molecule has 0 saturated carbocycles. The van der Waals surface area contributed by atoms with Gasteiger partial charge in [0.15, 0.2) is 11.5 Å². The second-order valence-corrected chi connectivity index (χ2v) is 7.15. The molecule has 0 aliphatic heterocycles. The Morgan fingerprint density at radius 2 is 1.41 bits per heavy atom. The third-order valence-electron chi connectivity index (χ3n) is 3.80. The number of carbonyl (C=O) groups is 2. The minimum Gasteiger partial charge on any atom is -0.493 e. The third kappa shape index (κ3) is 5.74. The molecule has 0 saturated heterocycles. The maximum absolute atomic E-state index is 12.3. The molecule has 0 radical (unpaired) electrons. The van der Waals surface area contributed by atoms with Gasteiger partial charge < -0.3 is 20.1 Å². The van der Waals surface area contributed by atoms with E-state index in [1.54, 1.807) is 44.6 Å². The predicted octanol–water partition coefficient (Wildman–Crippen LogP) is 3.16. The van der Waals surface area contributed by atoms with Crippen LogP contribution in [0.15, 0.2) is 42.5 Å². The van der Waals surface area contributed by atoms with E-state index in [0.29, 0.717) is 29.2 Å². The first-order valence-corrected chi connectivity index (χ1v) is 8.65. The SMILES string of the molecule is COc1ccc(CNC(=O)c2ccc(C(=O)NC(C)(C)C)cc2)cc1OC. The Balaban J connectivity index is 1.99. The molecule has 0 atom stereocenters. The zero-order chi connectivity index (χ0) is 20.0. The van der Waals surface area contributed by atoms with Crippen molar-refractivity contribution in [2.75, 3.05) is 14.2 Å². The summed E-state index contributed by atoms with van der Waals surface area (Å²) >= 11 is 0. The van der Waals surface area contributed by atoms with Crippen LogP contribution in [0, 0.1) is 0 Å². The van der Waals surface area contributed by atoms with E-state index in [-0.39, 0.29) is 17.4 Å². The molecule has 0 aromatic heterocycles. The number of carbonyl (C=O) groups excluding carboxylic acids is 2. The molecule has 6 heteroatoms. The molecule has 6 nitrogen and oxygen atoms in total. The molecule has 0 bridgehead atoms. The third-order valence-corrected chi connectivity index (χ3v) is 3.80. The molecule has 27 heavy (non-hydrogen) atoms. The maximum atomic E-state index is 12.3. The van der Waals surface area contributed by atoms with Gasteiger partial charge in [0, 0.05) is 23.2 Å². The number of rotatable bonds is 6. The van der Waals surface area contributed by atoms with Crippen molar-refractivity contribution in [1.29, 1.82) is 0 Å². The molecule has 2 amide bonds. The van der Waals surface area contributed by atoms with Crippen LogP contribution in [0.3, 0.4) is 0 Å². The first-order chi connectivity index (χ1) is 12.7. The predicted molar refractivity (Wildman–Crippen MR) is 104 cm³/mol. The lowest BCUT2D eigenvalue weighted by molar-refractivity contribution is 0.0915. The summed E-state index contributed by atoms with van der Waals surface area (Å²) in [7, 11) is 3.14. The molecule has 2 aromatic carbocycles. The van der Waals surface area contributed by atoms with Crippen LogP contribution in [0.1, 0.15) is 47.1 Å². The highest BCUT2D eigenvalue weighted by Crippen LogP contribution is 2.27. The Bertz CT molecular complexity index is 808. The Morgan fingerprint density at radius 3 is 1.93 bits per heavy atom. The van der Waals surface area contributed by atoms with Crippen LogP contribution >= 0.6 is 0 Å². The number of hydrogen-bond acceptors (Lipinski definition) is 4. The molecule has 0 aliphatic rings. The average molecular weight is 370 g/mol. The van der Waals surface area contributed by atoms with Crippen molar-refractivity contribution in [3.05, 3.63) is 59.2 Å². The molecule has 0 fully saturated rings. The second kappa shape index (κ2) is 8.58. The Morgan fingerprint density at radius 1 is 0.852 bits per heavy atom. The number of benzene rings is 2. The van der Waals surface area contributed by atoms with Crippen molar-refractivity contribution >= 4 is 11.8 Å². The Hall–Kier alpha value is -3.02. The lowest BCUT2D eigenvalue weighted by Crippen LogP contribution is -2.40. The fraction of sp³-hybridized carbons (Fsp3) is 0.333. The quantitative estimate of drug-likeness (QED) is 0.819. The molecule has 2 aromatic rings. The van der Waals surface area contributed by atoms with Gasteiger partial charge >= 0.3 is 0 Å². The van der Waals surface area contributed by atoms with E-state index in [1.165, 1.54) is 0 Å². The summed E-state index contributed by atoms with van der Waals surface area (Å²) in [5.74, 6) is 0.863. The number of hydrogen-bond donors (Lipinski definition) is 2. The van der Waals surface area contributed by atoms with Crippen molar-refractivity contribution in [2.45, 2.75) is 32.9 Å². The molecule has 0 unspecified atom stereocenters. The number of methoxy groups -OCH3 is 2. The number of amides is 2. The van der Waals surface area contributed by atoms with Gasteiger partial charge in [-0.25, -0.2) is 0 Å². The number of ether oxygens (including phenoxy) is 2. The summed E-state index contributed by atoms with van der Waals surface area (Å²) in [6, 6.07) is 12.0. The standard InChI is InChI=1S/C21H26N2O4/c1-21(2,3)23-20(25)16-9-7-15(8-10-16)19(24)22-13-14-6-11-17(26-4)18(12-14)27-5/h6-12H,13H2,1-5H3,(H,22,24)(H,23,25). The van der Waals surface area contributed by atoms with Crippen molar-refractivity contribution in [1.82, 2.24) is 10.6 Å². The van der Waals surface area contributed by atoms with Crippen LogP contribution in [0.25, 0.3) is 0 Å². The largest absolute Gasteiger partial charge is 0.493 e. The van der Waals surface area contributed by atoms with E-state index in [1.807, 2.05) is 32.9 Å². The Labute approximate surface area is 159 Å². The average Bonchev–Trinajstić information content (AvgIpc) is 2.64. The lowest BCUT2D eigenvalue weighted by Gasteiger charge is -2.20. The summed E-state index contributed by atoms with van der Waals surface area (Å²) < 4.78 is 10.5. The topological polar surface area (TPSA) is 76.7 Å². The highest BCUT2D eigenvalue weighted by molar-refractivity contribution is 5.98. The summed E-state index contributed by atoms with van der Waals surface area (Å²) in [4.78, 5) is 24.5. The molecular formula is C21H26N2O4. The first kappa shape index (κ1) is 20.3. The summed E-state index contributed by atoms with van der Waals surface area (Å²) in [6.45, 7) is 6.11. The van der Waals surface area contributed by atoms with E-state index >= 15 is 0 Å². The van der Waals surface area contributed by atoms with Crippen molar-refractivity contribution in [2.24, 2.45) is 0 Å². The van der Waals surface area contributed by atoms with E-state index in [9.17, 15) is 9.59 Å². The Kier molecular flexibility index (Phi) is 6.45.